The topological polar surface area (TPSA) is 84.5 Å². The molecule has 0 heterocycles. The highest BCUT2D eigenvalue weighted by atomic mass is 35.5. The van der Waals surface area contributed by atoms with Gasteiger partial charge in [-0.3, -0.25) is 9.52 Å². The molecular weight excluding hydrogens is 436 g/mol. The van der Waals surface area contributed by atoms with Crippen LogP contribution in [0, 0.1) is 6.92 Å². The van der Waals surface area contributed by atoms with E-state index in [1.165, 1.54) is 18.2 Å². The van der Waals surface area contributed by atoms with E-state index in [1.54, 1.807) is 18.2 Å². The van der Waals surface area contributed by atoms with Gasteiger partial charge in [-0.25, -0.2) is 8.42 Å². The van der Waals surface area contributed by atoms with Crippen molar-refractivity contribution in [2.75, 3.05) is 11.3 Å². The zero-order valence-corrected chi connectivity index (χ0v) is 18.8. The number of hydrogen-bond donors (Lipinski definition) is 2. The van der Waals surface area contributed by atoms with Gasteiger partial charge in [0.15, 0.2) is 0 Å². The summed E-state index contributed by atoms with van der Waals surface area (Å²) in [5, 5.41) is 2.82. The van der Waals surface area contributed by atoms with Crippen LogP contribution in [-0.4, -0.2) is 20.9 Å². The van der Waals surface area contributed by atoms with Crippen LogP contribution < -0.4 is 14.8 Å². The molecule has 0 aliphatic carbocycles. The SMILES string of the molecule is CCOc1cccc(CNC(=O)c2ccc(Cl)c(S(=O)(=O)Nc3cccc(C)c3)c2)c1. The van der Waals surface area contributed by atoms with Crippen molar-refractivity contribution in [3.05, 3.63) is 88.4 Å². The predicted octanol–water partition coefficient (Wildman–Crippen LogP) is 4.78. The van der Waals surface area contributed by atoms with Crippen molar-refractivity contribution in [1.29, 1.82) is 0 Å². The minimum absolute atomic E-state index is 0.0288. The molecule has 3 aromatic carbocycles. The summed E-state index contributed by atoms with van der Waals surface area (Å²) in [5.41, 5.74) is 2.38. The van der Waals surface area contributed by atoms with Crippen LogP contribution in [0.15, 0.2) is 71.6 Å². The van der Waals surface area contributed by atoms with Crippen LogP contribution in [0.1, 0.15) is 28.4 Å². The van der Waals surface area contributed by atoms with E-state index in [2.05, 4.69) is 10.0 Å². The molecule has 0 bridgehead atoms. The molecule has 0 atom stereocenters. The van der Waals surface area contributed by atoms with Crippen LogP contribution in [-0.2, 0) is 16.6 Å². The number of aryl methyl sites for hydroxylation is 1. The van der Waals surface area contributed by atoms with Gasteiger partial charge in [0, 0.05) is 17.8 Å². The number of sulfonamides is 1. The second-order valence-electron chi connectivity index (χ2n) is 6.88. The van der Waals surface area contributed by atoms with Crippen molar-refractivity contribution in [3.63, 3.8) is 0 Å². The summed E-state index contributed by atoms with van der Waals surface area (Å²) in [7, 11) is -3.97. The zero-order chi connectivity index (χ0) is 22.4. The fourth-order valence-electron chi connectivity index (χ4n) is 2.97. The highest BCUT2D eigenvalue weighted by molar-refractivity contribution is 7.92. The first-order chi connectivity index (χ1) is 14.8. The Morgan fingerprint density at radius 3 is 2.55 bits per heavy atom. The lowest BCUT2D eigenvalue weighted by Gasteiger charge is -2.12. The van der Waals surface area contributed by atoms with Gasteiger partial charge < -0.3 is 10.1 Å². The Bertz CT molecular complexity index is 1200. The van der Waals surface area contributed by atoms with Crippen LogP contribution in [0.2, 0.25) is 5.02 Å². The lowest BCUT2D eigenvalue weighted by atomic mass is 10.2. The third kappa shape index (κ3) is 5.99. The number of hydrogen-bond acceptors (Lipinski definition) is 4. The molecular formula is C23H23ClN2O4S. The third-order valence-electron chi connectivity index (χ3n) is 4.42. The molecule has 8 heteroatoms. The largest absolute Gasteiger partial charge is 0.494 e. The molecule has 31 heavy (non-hydrogen) atoms. The molecule has 0 saturated heterocycles. The van der Waals surface area contributed by atoms with Crippen LogP contribution >= 0.6 is 11.6 Å². The molecule has 0 aliphatic heterocycles. The van der Waals surface area contributed by atoms with Crippen molar-refractivity contribution < 1.29 is 17.9 Å². The Morgan fingerprint density at radius 2 is 1.81 bits per heavy atom. The second-order valence-corrected chi connectivity index (χ2v) is 8.94. The molecule has 0 spiro atoms. The first-order valence-corrected chi connectivity index (χ1v) is 11.5. The highest BCUT2D eigenvalue weighted by Crippen LogP contribution is 2.25. The molecule has 0 fully saturated rings. The number of nitrogens with one attached hydrogen (secondary N) is 2. The molecule has 0 radical (unpaired) electrons. The van der Waals surface area contributed by atoms with E-state index in [4.69, 9.17) is 16.3 Å². The molecule has 3 aromatic rings. The van der Waals surface area contributed by atoms with E-state index in [0.717, 1.165) is 16.9 Å². The van der Waals surface area contributed by atoms with Crippen molar-refractivity contribution in [2.24, 2.45) is 0 Å². The first-order valence-electron chi connectivity index (χ1n) is 9.67. The maximum atomic E-state index is 12.8. The smallest absolute Gasteiger partial charge is 0.263 e. The molecule has 0 unspecified atom stereocenters. The Hall–Kier alpha value is -3.03. The van der Waals surface area contributed by atoms with Gasteiger partial charge in [0.1, 0.15) is 10.6 Å². The summed E-state index contributed by atoms with van der Waals surface area (Å²) < 4.78 is 33.7. The number of ether oxygens (including phenoxy) is 1. The minimum Gasteiger partial charge on any atom is -0.494 e. The molecule has 6 nitrogen and oxygen atoms in total. The fourth-order valence-corrected chi connectivity index (χ4v) is 4.54. The highest BCUT2D eigenvalue weighted by Gasteiger charge is 2.20. The average Bonchev–Trinajstić information content (AvgIpc) is 2.72. The first kappa shape index (κ1) is 22.7. The van der Waals surface area contributed by atoms with Crippen molar-refractivity contribution in [3.8, 4) is 5.75 Å². The average molecular weight is 459 g/mol. The van der Waals surface area contributed by atoms with Crippen molar-refractivity contribution in [2.45, 2.75) is 25.3 Å². The molecule has 3 rings (SSSR count). The van der Waals surface area contributed by atoms with Gasteiger partial charge >= 0.3 is 0 Å². The fraction of sp³-hybridized carbons (Fsp3) is 0.174. The quantitative estimate of drug-likeness (QED) is 0.508. The van der Waals surface area contributed by atoms with Crippen molar-refractivity contribution in [1.82, 2.24) is 5.32 Å². The molecule has 0 aliphatic rings. The number of rotatable bonds is 8. The monoisotopic (exact) mass is 458 g/mol. The number of benzene rings is 3. The normalized spacial score (nSPS) is 11.1. The van der Waals surface area contributed by atoms with Gasteiger partial charge in [-0.05, 0) is 67.4 Å². The molecule has 2 N–H and O–H groups in total. The summed E-state index contributed by atoms with van der Waals surface area (Å²) in [6.45, 7) is 4.58. The summed E-state index contributed by atoms with van der Waals surface area (Å²) in [4.78, 5) is 12.5. The number of amides is 1. The van der Waals surface area contributed by atoms with Gasteiger partial charge in [0.2, 0.25) is 0 Å². The van der Waals surface area contributed by atoms with Gasteiger partial charge in [0.05, 0.1) is 11.6 Å². The number of halogens is 1. The maximum absolute atomic E-state index is 12.8. The van der Waals surface area contributed by atoms with E-state index in [9.17, 15) is 13.2 Å². The summed E-state index contributed by atoms with van der Waals surface area (Å²) >= 11 is 6.14. The molecule has 162 valence electrons. The van der Waals surface area contributed by atoms with Crippen LogP contribution in [0.4, 0.5) is 5.69 Å². The van der Waals surface area contributed by atoms with E-state index >= 15 is 0 Å². The zero-order valence-electron chi connectivity index (χ0n) is 17.2. The molecule has 0 saturated carbocycles. The standard InChI is InChI=1S/C23H23ClN2O4S/c1-3-30-20-9-5-7-17(13-20)15-25-23(27)18-10-11-21(24)22(14-18)31(28,29)26-19-8-4-6-16(2)12-19/h4-14,26H,3,15H2,1-2H3,(H,25,27). The van der Waals surface area contributed by atoms with Crippen LogP contribution in [0.5, 0.6) is 5.75 Å². The Kier molecular flexibility index (Phi) is 7.20. The van der Waals surface area contributed by atoms with Gasteiger partial charge in [-0.1, -0.05) is 35.9 Å². The Morgan fingerprint density at radius 1 is 1.03 bits per heavy atom. The maximum Gasteiger partial charge on any atom is 0.263 e. The van der Waals surface area contributed by atoms with Gasteiger partial charge in [-0.2, -0.15) is 0 Å². The third-order valence-corrected chi connectivity index (χ3v) is 6.28. The number of anilines is 1. The Labute approximate surface area is 187 Å². The number of carbonyl (C=O) groups excluding carboxylic acids is 1. The minimum atomic E-state index is -3.97. The lowest BCUT2D eigenvalue weighted by molar-refractivity contribution is 0.0950. The molecule has 1 amide bonds. The van der Waals surface area contributed by atoms with E-state index in [-0.39, 0.29) is 22.0 Å². The molecule has 0 aromatic heterocycles. The van der Waals surface area contributed by atoms with E-state index < -0.39 is 15.9 Å². The number of carbonyl (C=O) groups is 1. The second kappa shape index (κ2) is 9.85. The van der Waals surface area contributed by atoms with Crippen molar-refractivity contribution >= 4 is 33.2 Å². The van der Waals surface area contributed by atoms with E-state index in [0.29, 0.717) is 12.3 Å². The van der Waals surface area contributed by atoms with Gasteiger partial charge in [0.25, 0.3) is 15.9 Å². The Balaban J connectivity index is 1.76. The summed E-state index contributed by atoms with van der Waals surface area (Å²) in [6.07, 6.45) is 0. The van der Waals surface area contributed by atoms with Gasteiger partial charge in [-0.15, -0.1) is 0 Å². The predicted molar refractivity (Wildman–Crippen MR) is 122 cm³/mol. The summed E-state index contributed by atoms with van der Waals surface area (Å²) in [5.74, 6) is 0.307. The van der Waals surface area contributed by atoms with Crippen LogP contribution in [0.3, 0.4) is 0 Å². The summed E-state index contributed by atoms with van der Waals surface area (Å²) in [6, 6.07) is 18.5. The van der Waals surface area contributed by atoms with E-state index in [1.807, 2.05) is 44.2 Å². The van der Waals surface area contributed by atoms with Crippen LogP contribution in [0.25, 0.3) is 0 Å². The lowest BCUT2D eigenvalue weighted by Crippen LogP contribution is -2.23.